The molecule has 2 aromatic carbocycles. The van der Waals surface area contributed by atoms with Gasteiger partial charge in [-0.25, -0.2) is 8.78 Å². The molecule has 0 N–H and O–H groups in total. The lowest BCUT2D eigenvalue weighted by Gasteiger charge is -2.16. The number of alkyl halides is 1. The van der Waals surface area contributed by atoms with Crippen LogP contribution in [0.4, 0.5) is 8.78 Å². The van der Waals surface area contributed by atoms with Crippen molar-refractivity contribution in [1.82, 2.24) is 0 Å². The van der Waals surface area contributed by atoms with Crippen molar-refractivity contribution in [2.24, 2.45) is 0 Å². The van der Waals surface area contributed by atoms with E-state index in [0.29, 0.717) is 12.4 Å². The molecule has 5 heteroatoms. The highest BCUT2D eigenvalue weighted by Gasteiger charge is 2.20. The van der Waals surface area contributed by atoms with Crippen molar-refractivity contribution in [3.05, 3.63) is 63.6 Å². The molecule has 106 valence electrons. The summed E-state index contributed by atoms with van der Waals surface area (Å²) in [7, 11) is 0. The van der Waals surface area contributed by atoms with Crippen LogP contribution in [-0.4, -0.2) is 6.61 Å². The maximum Gasteiger partial charge on any atom is 0.137 e. The minimum Gasteiger partial charge on any atom is -0.494 e. The first-order valence-electron chi connectivity index (χ1n) is 6.04. The van der Waals surface area contributed by atoms with Gasteiger partial charge in [0.2, 0.25) is 0 Å². The molecule has 0 aromatic heterocycles. The molecule has 0 amide bonds. The molecule has 0 fully saturated rings. The molecule has 1 unspecified atom stereocenters. The van der Waals surface area contributed by atoms with Gasteiger partial charge in [-0.3, -0.25) is 0 Å². The predicted molar refractivity (Wildman–Crippen MR) is 82.4 cm³/mol. The Morgan fingerprint density at radius 2 is 1.80 bits per heavy atom. The summed E-state index contributed by atoms with van der Waals surface area (Å²) in [4.78, 5) is -0.479. The molecule has 1 nitrogen and oxygen atoms in total. The number of halogens is 4. The highest BCUT2D eigenvalue weighted by molar-refractivity contribution is 9.10. The van der Waals surface area contributed by atoms with Crippen LogP contribution in [0.15, 0.2) is 40.9 Å². The fraction of sp³-hybridized carbons (Fsp3) is 0.200. The molecule has 2 aromatic rings. The summed E-state index contributed by atoms with van der Waals surface area (Å²) in [6, 6.07) is 9.61. The zero-order chi connectivity index (χ0) is 14.7. The topological polar surface area (TPSA) is 9.23 Å². The highest BCUT2D eigenvalue weighted by Crippen LogP contribution is 2.38. The number of benzene rings is 2. The van der Waals surface area contributed by atoms with Gasteiger partial charge in [-0.15, -0.1) is 0 Å². The Morgan fingerprint density at radius 1 is 1.10 bits per heavy atom. The first-order valence-corrected chi connectivity index (χ1v) is 7.75. The Hall–Kier alpha value is -0.940. The van der Waals surface area contributed by atoms with E-state index in [2.05, 4.69) is 31.9 Å². The van der Waals surface area contributed by atoms with Gasteiger partial charge in [0.05, 0.1) is 15.9 Å². The molecule has 0 aliphatic carbocycles. The maximum atomic E-state index is 14.0. The van der Waals surface area contributed by atoms with Crippen LogP contribution in [0.25, 0.3) is 0 Å². The SMILES string of the molecule is CCOc1ccccc1C(Br)c1cc(F)c(Br)cc1F. The smallest absolute Gasteiger partial charge is 0.137 e. The van der Waals surface area contributed by atoms with E-state index in [0.717, 1.165) is 11.6 Å². The zero-order valence-electron chi connectivity index (χ0n) is 10.7. The number of hydrogen-bond acceptors (Lipinski definition) is 1. The average molecular weight is 406 g/mol. The molecule has 0 saturated carbocycles. The molecule has 0 heterocycles. The zero-order valence-corrected chi connectivity index (χ0v) is 13.8. The molecule has 0 aliphatic rings. The summed E-state index contributed by atoms with van der Waals surface area (Å²) in [5.74, 6) is -0.328. The molecule has 20 heavy (non-hydrogen) atoms. The van der Waals surface area contributed by atoms with Crippen molar-refractivity contribution in [1.29, 1.82) is 0 Å². The van der Waals surface area contributed by atoms with E-state index in [1.165, 1.54) is 6.07 Å². The fourth-order valence-electron chi connectivity index (χ4n) is 1.88. The standard InChI is InChI=1S/C15H12Br2F2O/c1-2-20-14-6-4-3-5-9(14)15(17)10-7-13(19)11(16)8-12(10)18/h3-8,15H,2H2,1H3. The highest BCUT2D eigenvalue weighted by atomic mass is 79.9. The second kappa shape index (κ2) is 6.68. The Labute approximate surface area is 133 Å². The Balaban J connectivity index is 2.46. The van der Waals surface area contributed by atoms with E-state index in [4.69, 9.17) is 4.74 Å². The quantitative estimate of drug-likeness (QED) is 0.474. The summed E-state index contributed by atoms with van der Waals surface area (Å²) < 4.78 is 33.3. The van der Waals surface area contributed by atoms with Crippen LogP contribution in [-0.2, 0) is 0 Å². The summed E-state index contributed by atoms with van der Waals surface area (Å²) >= 11 is 6.39. The molecule has 2 rings (SSSR count). The van der Waals surface area contributed by atoms with E-state index >= 15 is 0 Å². The summed E-state index contributed by atoms with van der Waals surface area (Å²) in [6.07, 6.45) is 0. The number of ether oxygens (including phenoxy) is 1. The van der Waals surface area contributed by atoms with E-state index < -0.39 is 16.5 Å². The van der Waals surface area contributed by atoms with Crippen LogP contribution in [0.5, 0.6) is 5.75 Å². The maximum absolute atomic E-state index is 14.0. The van der Waals surface area contributed by atoms with Gasteiger partial charge >= 0.3 is 0 Å². The number of hydrogen-bond donors (Lipinski definition) is 0. The third-order valence-corrected chi connectivity index (χ3v) is 4.40. The molecule has 0 spiro atoms. The minimum atomic E-state index is -0.500. The van der Waals surface area contributed by atoms with Crippen LogP contribution >= 0.6 is 31.9 Å². The third kappa shape index (κ3) is 3.20. The minimum absolute atomic E-state index is 0.108. The van der Waals surface area contributed by atoms with Crippen LogP contribution in [0.1, 0.15) is 22.9 Å². The summed E-state index contributed by atoms with van der Waals surface area (Å²) in [6.45, 7) is 2.38. The van der Waals surface area contributed by atoms with E-state index in [9.17, 15) is 8.78 Å². The van der Waals surface area contributed by atoms with Gasteiger partial charge in [-0.2, -0.15) is 0 Å². The molecule has 0 radical (unpaired) electrons. The van der Waals surface area contributed by atoms with Crippen LogP contribution in [0.3, 0.4) is 0 Å². The molecular formula is C15H12Br2F2O. The lowest BCUT2D eigenvalue weighted by atomic mass is 10.0. The van der Waals surface area contributed by atoms with E-state index in [1.807, 2.05) is 25.1 Å². The first-order chi connectivity index (χ1) is 9.54. The summed E-state index contributed by atoms with van der Waals surface area (Å²) in [5, 5.41) is 0. The van der Waals surface area contributed by atoms with Crippen LogP contribution in [0, 0.1) is 11.6 Å². The van der Waals surface area contributed by atoms with Gasteiger partial charge in [0.15, 0.2) is 0 Å². The van der Waals surface area contributed by atoms with Gasteiger partial charge in [-0.05, 0) is 41.1 Å². The molecular weight excluding hydrogens is 394 g/mol. The lowest BCUT2D eigenvalue weighted by molar-refractivity contribution is 0.337. The first kappa shape index (κ1) is 15.4. The molecule has 0 bridgehead atoms. The van der Waals surface area contributed by atoms with Crippen molar-refractivity contribution in [3.8, 4) is 5.75 Å². The third-order valence-electron chi connectivity index (χ3n) is 2.80. The normalized spacial score (nSPS) is 12.2. The van der Waals surface area contributed by atoms with Crippen molar-refractivity contribution in [2.45, 2.75) is 11.8 Å². The van der Waals surface area contributed by atoms with Gasteiger partial charge in [-0.1, -0.05) is 34.1 Å². The van der Waals surface area contributed by atoms with Crippen LogP contribution < -0.4 is 4.74 Å². The monoisotopic (exact) mass is 404 g/mol. The van der Waals surface area contributed by atoms with Gasteiger partial charge < -0.3 is 4.74 Å². The predicted octanol–water partition coefficient (Wildman–Crippen LogP) is 5.61. The molecule has 0 saturated heterocycles. The molecule has 0 aliphatic heterocycles. The van der Waals surface area contributed by atoms with Crippen molar-refractivity contribution in [3.63, 3.8) is 0 Å². The Bertz CT molecular complexity index is 617. The van der Waals surface area contributed by atoms with Crippen LogP contribution in [0.2, 0.25) is 0 Å². The van der Waals surface area contributed by atoms with E-state index in [1.54, 1.807) is 6.07 Å². The Morgan fingerprint density at radius 3 is 2.50 bits per heavy atom. The van der Waals surface area contributed by atoms with Crippen molar-refractivity contribution in [2.75, 3.05) is 6.61 Å². The lowest BCUT2D eigenvalue weighted by Crippen LogP contribution is -2.02. The Kier molecular flexibility index (Phi) is 5.16. The van der Waals surface area contributed by atoms with E-state index in [-0.39, 0.29) is 10.0 Å². The number of rotatable bonds is 4. The van der Waals surface area contributed by atoms with Gasteiger partial charge in [0.25, 0.3) is 0 Å². The number of para-hydroxylation sites is 1. The fourth-order valence-corrected chi connectivity index (χ4v) is 2.92. The van der Waals surface area contributed by atoms with Crippen molar-refractivity contribution < 1.29 is 13.5 Å². The largest absolute Gasteiger partial charge is 0.494 e. The second-order valence-electron chi connectivity index (χ2n) is 4.12. The average Bonchev–Trinajstić information content (AvgIpc) is 2.43. The van der Waals surface area contributed by atoms with Gasteiger partial charge in [0, 0.05) is 11.1 Å². The van der Waals surface area contributed by atoms with Gasteiger partial charge in [0.1, 0.15) is 17.4 Å². The second-order valence-corrected chi connectivity index (χ2v) is 5.89. The summed E-state index contributed by atoms with van der Waals surface area (Å²) in [5.41, 5.74) is 0.993. The van der Waals surface area contributed by atoms with Crippen molar-refractivity contribution >= 4 is 31.9 Å². The molecule has 1 atom stereocenters.